The molecule has 0 bridgehead atoms. The Morgan fingerprint density at radius 3 is 2.58 bits per heavy atom. The third kappa shape index (κ3) is 4.29. The van der Waals surface area contributed by atoms with Crippen LogP contribution in [0.4, 0.5) is 11.4 Å². The molecule has 1 aliphatic rings. The quantitative estimate of drug-likeness (QED) is 0.812. The summed E-state index contributed by atoms with van der Waals surface area (Å²) in [7, 11) is 0. The average Bonchev–Trinajstić information content (AvgIpc) is 3.04. The van der Waals surface area contributed by atoms with Gasteiger partial charge in [0.25, 0.3) is 5.91 Å². The summed E-state index contributed by atoms with van der Waals surface area (Å²) in [4.78, 5) is 25.8. The van der Waals surface area contributed by atoms with E-state index in [9.17, 15) is 9.59 Å². The van der Waals surface area contributed by atoms with Crippen LogP contribution >= 0.6 is 23.2 Å². The van der Waals surface area contributed by atoms with Crippen molar-refractivity contribution in [2.45, 2.75) is 25.9 Å². The van der Waals surface area contributed by atoms with Crippen LogP contribution in [0.3, 0.4) is 0 Å². The lowest BCUT2D eigenvalue weighted by atomic mass is 10.2. The van der Waals surface area contributed by atoms with Crippen molar-refractivity contribution in [3.8, 4) is 5.75 Å². The molecule has 1 aliphatic heterocycles. The minimum atomic E-state index is -0.732. The van der Waals surface area contributed by atoms with Crippen molar-refractivity contribution in [1.82, 2.24) is 0 Å². The summed E-state index contributed by atoms with van der Waals surface area (Å²) in [5.41, 5.74) is 1.27. The van der Waals surface area contributed by atoms with Gasteiger partial charge in [0.1, 0.15) is 5.75 Å². The summed E-state index contributed by atoms with van der Waals surface area (Å²) in [5.74, 6) is 0.331. The van der Waals surface area contributed by atoms with Gasteiger partial charge in [0, 0.05) is 23.7 Å². The summed E-state index contributed by atoms with van der Waals surface area (Å²) >= 11 is 12.0. The molecule has 5 nitrogen and oxygen atoms in total. The minimum absolute atomic E-state index is 0.129. The van der Waals surface area contributed by atoms with Gasteiger partial charge in [-0.05, 0) is 55.8 Å². The van der Waals surface area contributed by atoms with Crippen LogP contribution in [0.5, 0.6) is 5.75 Å². The van der Waals surface area contributed by atoms with Crippen LogP contribution < -0.4 is 15.0 Å². The number of rotatable bonds is 5. The Hall–Kier alpha value is -2.24. The number of nitrogens with one attached hydrogen (secondary N) is 1. The van der Waals surface area contributed by atoms with Crippen molar-refractivity contribution < 1.29 is 14.3 Å². The molecule has 2 aromatic rings. The number of nitrogens with zero attached hydrogens (tertiary/aromatic N) is 1. The van der Waals surface area contributed by atoms with Crippen molar-refractivity contribution in [2.24, 2.45) is 0 Å². The Kier molecular flexibility index (Phi) is 5.69. The predicted molar refractivity (Wildman–Crippen MR) is 103 cm³/mol. The van der Waals surface area contributed by atoms with Crippen molar-refractivity contribution in [2.75, 3.05) is 16.8 Å². The second-order valence-corrected chi connectivity index (χ2v) is 6.86. The number of carbonyl (C=O) groups excluding carboxylic acids is 2. The molecule has 1 atom stereocenters. The zero-order chi connectivity index (χ0) is 18.7. The highest BCUT2D eigenvalue weighted by Crippen LogP contribution is 2.27. The maximum atomic E-state index is 12.3. The van der Waals surface area contributed by atoms with Gasteiger partial charge in [-0.3, -0.25) is 9.59 Å². The first-order chi connectivity index (χ1) is 12.4. The number of ether oxygens (including phenoxy) is 1. The van der Waals surface area contributed by atoms with Crippen molar-refractivity contribution in [3.63, 3.8) is 0 Å². The zero-order valence-corrected chi connectivity index (χ0v) is 15.7. The summed E-state index contributed by atoms with van der Waals surface area (Å²) in [6, 6.07) is 12.0. The number of hydrogen-bond donors (Lipinski definition) is 1. The van der Waals surface area contributed by atoms with E-state index >= 15 is 0 Å². The highest BCUT2D eigenvalue weighted by Gasteiger charge is 2.22. The van der Waals surface area contributed by atoms with E-state index in [0.717, 1.165) is 18.7 Å². The van der Waals surface area contributed by atoms with E-state index in [1.54, 1.807) is 42.2 Å². The minimum Gasteiger partial charge on any atom is -0.481 e. The first-order valence-corrected chi connectivity index (χ1v) is 9.02. The van der Waals surface area contributed by atoms with E-state index in [1.165, 1.54) is 0 Å². The molecular weight excluding hydrogens is 375 g/mol. The molecule has 1 N–H and O–H groups in total. The molecular formula is C19H18Cl2N2O3. The normalized spacial score (nSPS) is 15.0. The Bertz CT molecular complexity index is 824. The Balaban J connectivity index is 1.62. The maximum Gasteiger partial charge on any atom is 0.265 e. The molecule has 0 saturated carbocycles. The van der Waals surface area contributed by atoms with Gasteiger partial charge in [-0.15, -0.1) is 0 Å². The highest BCUT2D eigenvalue weighted by molar-refractivity contribution is 6.35. The van der Waals surface area contributed by atoms with Crippen molar-refractivity contribution in [3.05, 3.63) is 52.5 Å². The first kappa shape index (κ1) is 18.5. The van der Waals surface area contributed by atoms with E-state index in [-0.39, 0.29) is 11.8 Å². The summed E-state index contributed by atoms with van der Waals surface area (Å²) in [5, 5.41) is 3.57. The molecule has 0 aliphatic carbocycles. The summed E-state index contributed by atoms with van der Waals surface area (Å²) in [6.07, 6.45) is 0.728. The van der Waals surface area contributed by atoms with Crippen LogP contribution in [0.1, 0.15) is 19.8 Å². The van der Waals surface area contributed by atoms with Crippen LogP contribution in [-0.4, -0.2) is 24.5 Å². The molecule has 0 unspecified atom stereocenters. The average molecular weight is 393 g/mol. The van der Waals surface area contributed by atoms with Crippen LogP contribution in [0, 0.1) is 0 Å². The molecule has 2 amide bonds. The SMILES string of the molecule is C[C@@H](Oc1ccc(N2CCCC2=O)cc1)C(=O)Nc1cc(Cl)ccc1Cl. The molecule has 136 valence electrons. The number of carbonyl (C=O) groups is 2. The molecule has 1 fully saturated rings. The lowest BCUT2D eigenvalue weighted by Crippen LogP contribution is -2.30. The van der Waals surface area contributed by atoms with Gasteiger partial charge in [0.15, 0.2) is 6.10 Å². The van der Waals surface area contributed by atoms with Gasteiger partial charge >= 0.3 is 0 Å². The molecule has 3 rings (SSSR count). The topological polar surface area (TPSA) is 58.6 Å². The fourth-order valence-electron chi connectivity index (χ4n) is 2.71. The molecule has 0 radical (unpaired) electrons. The molecule has 0 aromatic heterocycles. The molecule has 1 heterocycles. The third-order valence-electron chi connectivity index (χ3n) is 4.09. The molecule has 7 heteroatoms. The van der Waals surface area contributed by atoms with Crippen LogP contribution in [0.2, 0.25) is 10.0 Å². The molecule has 2 aromatic carbocycles. The highest BCUT2D eigenvalue weighted by atomic mass is 35.5. The van der Waals surface area contributed by atoms with E-state index < -0.39 is 6.10 Å². The first-order valence-electron chi connectivity index (χ1n) is 8.27. The number of amides is 2. The fraction of sp³-hybridized carbons (Fsp3) is 0.263. The van der Waals surface area contributed by atoms with Gasteiger partial charge in [-0.2, -0.15) is 0 Å². The molecule has 26 heavy (non-hydrogen) atoms. The largest absolute Gasteiger partial charge is 0.481 e. The lowest BCUT2D eigenvalue weighted by molar-refractivity contribution is -0.122. The lowest BCUT2D eigenvalue weighted by Gasteiger charge is -2.18. The van der Waals surface area contributed by atoms with Crippen molar-refractivity contribution >= 4 is 46.4 Å². The second kappa shape index (κ2) is 7.98. The zero-order valence-electron chi connectivity index (χ0n) is 14.2. The third-order valence-corrected chi connectivity index (χ3v) is 4.65. The van der Waals surface area contributed by atoms with Crippen LogP contribution in [-0.2, 0) is 9.59 Å². The van der Waals surface area contributed by atoms with E-state index in [1.807, 2.05) is 12.1 Å². The van der Waals surface area contributed by atoms with Gasteiger partial charge in [0.05, 0.1) is 10.7 Å². The Morgan fingerprint density at radius 1 is 1.19 bits per heavy atom. The summed E-state index contributed by atoms with van der Waals surface area (Å²) < 4.78 is 5.67. The standard InChI is InChI=1S/C19H18Cl2N2O3/c1-12(19(25)22-17-11-13(20)4-9-16(17)21)26-15-7-5-14(6-8-15)23-10-2-3-18(23)24/h4-9,11-12H,2-3,10H2,1H3,(H,22,25)/t12-/m1/s1. The van der Waals surface area contributed by atoms with Gasteiger partial charge in [-0.1, -0.05) is 23.2 Å². The fourth-order valence-corrected chi connectivity index (χ4v) is 3.05. The summed E-state index contributed by atoms with van der Waals surface area (Å²) in [6.45, 7) is 2.38. The van der Waals surface area contributed by atoms with Gasteiger partial charge in [-0.25, -0.2) is 0 Å². The predicted octanol–water partition coefficient (Wildman–Crippen LogP) is 4.53. The number of anilines is 2. The van der Waals surface area contributed by atoms with Crippen LogP contribution in [0.15, 0.2) is 42.5 Å². The number of halogens is 2. The Morgan fingerprint density at radius 2 is 1.92 bits per heavy atom. The van der Waals surface area contributed by atoms with Crippen LogP contribution in [0.25, 0.3) is 0 Å². The van der Waals surface area contributed by atoms with Crippen molar-refractivity contribution in [1.29, 1.82) is 0 Å². The van der Waals surface area contributed by atoms with E-state index in [0.29, 0.717) is 27.9 Å². The smallest absolute Gasteiger partial charge is 0.265 e. The molecule has 1 saturated heterocycles. The van der Waals surface area contributed by atoms with E-state index in [2.05, 4.69) is 5.32 Å². The van der Waals surface area contributed by atoms with Gasteiger partial charge < -0.3 is 15.0 Å². The second-order valence-electron chi connectivity index (χ2n) is 6.02. The maximum absolute atomic E-state index is 12.3. The van der Waals surface area contributed by atoms with E-state index in [4.69, 9.17) is 27.9 Å². The Labute approximate surface area is 161 Å². The van der Waals surface area contributed by atoms with Gasteiger partial charge in [0.2, 0.25) is 5.91 Å². The number of benzene rings is 2. The molecule has 0 spiro atoms. The monoisotopic (exact) mass is 392 g/mol. The number of hydrogen-bond acceptors (Lipinski definition) is 3.